The summed E-state index contributed by atoms with van der Waals surface area (Å²) in [5, 5.41) is 10.9. The molecule has 1 aliphatic rings. The van der Waals surface area contributed by atoms with Crippen LogP contribution in [-0.4, -0.2) is 16.7 Å². The largest absolute Gasteiger partial charge is 0.312 e. The first-order valence-electron chi connectivity index (χ1n) is 6.98. The molecule has 0 amide bonds. The van der Waals surface area contributed by atoms with Gasteiger partial charge in [-0.2, -0.15) is 5.10 Å². The topological polar surface area (TPSA) is 40.7 Å². The summed E-state index contributed by atoms with van der Waals surface area (Å²) in [5.41, 5.74) is 5.45. The second kappa shape index (κ2) is 4.82. The molecule has 0 bridgehead atoms. The number of aromatic amines is 1. The molecule has 0 radical (unpaired) electrons. The zero-order valence-electron chi connectivity index (χ0n) is 11.7. The molecule has 3 nitrogen and oxygen atoms in total. The molecule has 19 heavy (non-hydrogen) atoms. The molecule has 0 atom stereocenters. The number of benzene rings is 1. The smallest absolute Gasteiger partial charge is 0.0638 e. The van der Waals surface area contributed by atoms with E-state index in [2.05, 4.69) is 59.7 Å². The Balaban J connectivity index is 1.62. The second-order valence-corrected chi connectivity index (χ2v) is 5.66. The minimum absolute atomic E-state index is 0.382. The van der Waals surface area contributed by atoms with Crippen molar-refractivity contribution in [3.8, 4) is 0 Å². The Hall–Kier alpha value is -1.61. The van der Waals surface area contributed by atoms with Gasteiger partial charge in [0.1, 0.15) is 0 Å². The summed E-state index contributed by atoms with van der Waals surface area (Å²) < 4.78 is 0. The monoisotopic (exact) mass is 255 g/mol. The summed E-state index contributed by atoms with van der Waals surface area (Å²) in [6.45, 7) is 6.11. The molecule has 1 saturated carbocycles. The molecule has 1 heterocycles. The maximum absolute atomic E-state index is 4.24. The van der Waals surface area contributed by atoms with Gasteiger partial charge in [0.05, 0.1) is 5.69 Å². The van der Waals surface area contributed by atoms with E-state index in [1.54, 1.807) is 0 Å². The standard InChI is InChI=1S/C16H21N3/c1-12-15(13(2)19-18-12)10-17-11-16(8-9-16)14-6-4-3-5-7-14/h3-7,17H,8-11H2,1-2H3,(H,18,19). The molecule has 1 fully saturated rings. The highest BCUT2D eigenvalue weighted by molar-refractivity contribution is 5.32. The van der Waals surface area contributed by atoms with Crippen LogP contribution in [0, 0.1) is 13.8 Å². The van der Waals surface area contributed by atoms with E-state index >= 15 is 0 Å². The molecule has 2 aromatic rings. The van der Waals surface area contributed by atoms with Gasteiger partial charge in [0.2, 0.25) is 0 Å². The Bertz CT molecular complexity index is 533. The summed E-state index contributed by atoms with van der Waals surface area (Å²) in [6, 6.07) is 10.9. The molecule has 2 N–H and O–H groups in total. The highest BCUT2D eigenvalue weighted by Crippen LogP contribution is 2.47. The van der Waals surface area contributed by atoms with Crippen LogP contribution in [0.15, 0.2) is 30.3 Å². The van der Waals surface area contributed by atoms with Crippen molar-refractivity contribution in [1.29, 1.82) is 0 Å². The Morgan fingerprint density at radius 3 is 2.53 bits per heavy atom. The number of hydrogen-bond donors (Lipinski definition) is 2. The lowest BCUT2D eigenvalue weighted by molar-refractivity contribution is 0.572. The SMILES string of the molecule is Cc1n[nH]c(C)c1CNCC1(c2ccccc2)CC1. The number of rotatable bonds is 5. The Morgan fingerprint density at radius 2 is 1.95 bits per heavy atom. The van der Waals surface area contributed by atoms with Crippen molar-refractivity contribution < 1.29 is 0 Å². The highest BCUT2D eigenvalue weighted by atomic mass is 15.1. The normalized spacial score (nSPS) is 16.5. The third kappa shape index (κ3) is 2.43. The zero-order chi connectivity index (χ0) is 13.3. The van der Waals surface area contributed by atoms with Gasteiger partial charge in [-0.3, -0.25) is 5.10 Å². The molecule has 1 aromatic heterocycles. The minimum Gasteiger partial charge on any atom is -0.312 e. The Labute approximate surface area is 114 Å². The Kier molecular flexibility index (Phi) is 3.15. The molecule has 1 aliphatic carbocycles. The predicted octanol–water partition coefficient (Wildman–Crippen LogP) is 2.85. The van der Waals surface area contributed by atoms with Gasteiger partial charge in [0.25, 0.3) is 0 Å². The predicted molar refractivity (Wildman–Crippen MR) is 77.1 cm³/mol. The summed E-state index contributed by atoms with van der Waals surface area (Å²) >= 11 is 0. The van der Waals surface area contributed by atoms with Crippen molar-refractivity contribution >= 4 is 0 Å². The lowest BCUT2D eigenvalue weighted by Gasteiger charge is -2.16. The van der Waals surface area contributed by atoms with E-state index < -0.39 is 0 Å². The first-order valence-corrected chi connectivity index (χ1v) is 6.98. The second-order valence-electron chi connectivity index (χ2n) is 5.66. The van der Waals surface area contributed by atoms with Crippen LogP contribution >= 0.6 is 0 Å². The highest BCUT2D eigenvalue weighted by Gasteiger charge is 2.43. The summed E-state index contributed by atoms with van der Waals surface area (Å²) in [5.74, 6) is 0. The van der Waals surface area contributed by atoms with Crippen LogP contribution in [0.4, 0.5) is 0 Å². The van der Waals surface area contributed by atoms with Gasteiger partial charge in [-0.1, -0.05) is 30.3 Å². The molecule has 1 aromatic carbocycles. The molecule has 0 saturated heterocycles. The van der Waals surface area contributed by atoms with Crippen LogP contribution < -0.4 is 5.32 Å². The third-order valence-corrected chi connectivity index (χ3v) is 4.29. The number of hydrogen-bond acceptors (Lipinski definition) is 2. The van der Waals surface area contributed by atoms with Crippen molar-refractivity contribution in [3.05, 3.63) is 52.8 Å². The van der Waals surface area contributed by atoms with E-state index in [1.807, 2.05) is 0 Å². The lowest BCUT2D eigenvalue weighted by Crippen LogP contribution is -2.26. The van der Waals surface area contributed by atoms with E-state index in [1.165, 1.54) is 29.7 Å². The van der Waals surface area contributed by atoms with Crippen molar-refractivity contribution in [1.82, 2.24) is 15.5 Å². The van der Waals surface area contributed by atoms with Gasteiger partial charge < -0.3 is 5.32 Å². The number of nitrogens with one attached hydrogen (secondary N) is 2. The van der Waals surface area contributed by atoms with Crippen molar-refractivity contribution in [2.24, 2.45) is 0 Å². The van der Waals surface area contributed by atoms with E-state index in [0.29, 0.717) is 5.41 Å². The van der Waals surface area contributed by atoms with Crippen LogP contribution in [0.1, 0.15) is 35.4 Å². The van der Waals surface area contributed by atoms with Crippen LogP contribution in [0.3, 0.4) is 0 Å². The van der Waals surface area contributed by atoms with Crippen LogP contribution in [0.5, 0.6) is 0 Å². The average Bonchev–Trinajstić information content (AvgIpc) is 3.16. The van der Waals surface area contributed by atoms with Gasteiger partial charge in [0, 0.05) is 29.8 Å². The number of H-pyrrole nitrogens is 1. The fourth-order valence-corrected chi connectivity index (χ4v) is 2.77. The van der Waals surface area contributed by atoms with Gasteiger partial charge in [0.15, 0.2) is 0 Å². The molecular weight excluding hydrogens is 234 g/mol. The van der Waals surface area contributed by atoms with Gasteiger partial charge >= 0.3 is 0 Å². The van der Waals surface area contributed by atoms with Crippen LogP contribution in [0.2, 0.25) is 0 Å². The minimum atomic E-state index is 0.382. The average molecular weight is 255 g/mol. The molecule has 0 spiro atoms. The maximum atomic E-state index is 4.24. The van der Waals surface area contributed by atoms with Crippen LogP contribution in [-0.2, 0) is 12.0 Å². The lowest BCUT2D eigenvalue weighted by atomic mass is 9.96. The van der Waals surface area contributed by atoms with Gasteiger partial charge in [-0.05, 0) is 32.3 Å². The van der Waals surface area contributed by atoms with Gasteiger partial charge in [-0.15, -0.1) is 0 Å². The number of nitrogens with zero attached hydrogens (tertiary/aromatic N) is 1. The van der Waals surface area contributed by atoms with Crippen molar-refractivity contribution in [3.63, 3.8) is 0 Å². The third-order valence-electron chi connectivity index (χ3n) is 4.29. The first-order chi connectivity index (χ1) is 9.21. The summed E-state index contributed by atoms with van der Waals surface area (Å²) in [7, 11) is 0. The quantitative estimate of drug-likeness (QED) is 0.862. The van der Waals surface area contributed by atoms with Crippen molar-refractivity contribution in [2.75, 3.05) is 6.54 Å². The fourth-order valence-electron chi connectivity index (χ4n) is 2.77. The summed E-state index contributed by atoms with van der Waals surface area (Å²) in [6.07, 6.45) is 2.60. The fraction of sp³-hybridized carbons (Fsp3) is 0.438. The first kappa shape index (κ1) is 12.4. The van der Waals surface area contributed by atoms with E-state index in [-0.39, 0.29) is 0 Å². The van der Waals surface area contributed by atoms with E-state index in [0.717, 1.165) is 18.8 Å². The molecule has 0 aliphatic heterocycles. The zero-order valence-corrected chi connectivity index (χ0v) is 11.7. The van der Waals surface area contributed by atoms with Crippen LogP contribution in [0.25, 0.3) is 0 Å². The van der Waals surface area contributed by atoms with E-state index in [9.17, 15) is 0 Å². The van der Waals surface area contributed by atoms with E-state index in [4.69, 9.17) is 0 Å². The summed E-state index contributed by atoms with van der Waals surface area (Å²) in [4.78, 5) is 0. The van der Waals surface area contributed by atoms with Crippen molar-refractivity contribution in [2.45, 2.75) is 38.6 Å². The molecule has 0 unspecified atom stereocenters. The molecule has 3 heteroatoms. The molecule has 100 valence electrons. The molecule has 3 rings (SSSR count). The maximum Gasteiger partial charge on any atom is 0.0638 e. The molecular formula is C16H21N3. The Morgan fingerprint density at radius 1 is 1.21 bits per heavy atom. The van der Waals surface area contributed by atoms with Gasteiger partial charge in [-0.25, -0.2) is 0 Å². The number of aryl methyl sites for hydroxylation is 2. The number of aromatic nitrogens is 2.